The summed E-state index contributed by atoms with van der Waals surface area (Å²) in [7, 11) is -1.22. The Bertz CT molecular complexity index is 1230. The molecule has 1 saturated heterocycles. The zero-order valence-corrected chi connectivity index (χ0v) is 22.5. The Kier molecular flexibility index (Phi) is 9.88. The molecule has 0 aliphatic carbocycles. The van der Waals surface area contributed by atoms with Crippen molar-refractivity contribution < 1.29 is 36.3 Å². The largest absolute Gasteiger partial charge is 0.451 e. The summed E-state index contributed by atoms with van der Waals surface area (Å²) in [5.41, 5.74) is 5.22. The van der Waals surface area contributed by atoms with Crippen LogP contribution in [0.15, 0.2) is 41.3 Å². The summed E-state index contributed by atoms with van der Waals surface area (Å²) in [5.74, 6) is -4.29. The minimum absolute atomic E-state index is 0.0772. The molecule has 208 valence electrons. The first-order valence-electron chi connectivity index (χ1n) is 11.7. The summed E-state index contributed by atoms with van der Waals surface area (Å²) in [6.45, 7) is 0.246. The zero-order valence-electron chi connectivity index (χ0n) is 20.9. The van der Waals surface area contributed by atoms with Crippen LogP contribution in [0.1, 0.15) is 12.8 Å². The Hall–Kier alpha value is -3.00. The van der Waals surface area contributed by atoms with E-state index >= 15 is 0 Å². The predicted molar refractivity (Wildman–Crippen MR) is 135 cm³/mol. The molecule has 0 atom stereocenters. The molecule has 0 radical (unpaired) electrons. The molecule has 1 aliphatic rings. The number of sulfonamides is 1. The average Bonchev–Trinajstić information content (AvgIpc) is 2.85. The fourth-order valence-electron chi connectivity index (χ4n) is 3.70. The molecule has 38 heavy (non-hydrogen) atoms. The highest BCUT2D eigenvalue weighted by molar-refractivity contribution is 7.89. The molecule has 2 amide bonds. The van der Waals surface area contributed by atoms with Gasteiger partial charge in [-0.2, -0.15) is 4.31 Å². The van der Waals surface area contributed by atoms with Crippen LogP contribution in [0.5, 0.6) is 11.5 Å². The molecule has 1 fully saturated rings. The van der Waals surface area contributed by atoms with Crippen molar-refractivity contribution >= 4 is 33.6 Å². The van der Waals surface area contributed by atoms with Gasteiger partial charge in [-0.15, -0.1) is 0 Å². The van der Waals surface area contributed by atoms with Crippen LogP contribution in [0, 0.1) is 11.6 Å². The van der Waals surface area contributed by atoms with E-state index in [4.69, 9.17) is 26.8 Å². The lowest BCUT2D eigenvalue weighted by Crippen LogP contribution is -2.44. The fourth-order valence-corrected chi connectivity index (χ4v) is 5.25. The van der Waals surface area contributed by atoms with Crippen molar-refractivity contribution in [3.63, 3.8) is 0 Å². The summed E-state index contributed by atoms with van der Waals surface area (Å²) in [5, 5.41) is 0.384. The van der Waals surface area contributed by atoms with Crippen LogP contribution in [0.2, 0.25) is 5.02 Å². The second-order valence-electron chi connectivity index (χ2n) is 8.88. The summed E-state index contributed by atoms with van der Waals surface area (Å²) in [4.78, 5) is 26.6. The molecule has 3 rings (SSSR count). The first-order chi connectivity index (χ1) is 17.9. The highest BCUT2D eigenvalue weighted by Gasteiger charge is 2.30. The number of amides is 2. The number of hydrogen-bond donors (Lipinski definition) is 1. The van der Waals surface area contributed by atoms with E-state index in [9.17, 15) is 26.8 Å². The van der Waals surface area contributed by atoms with Gasteiger partial charge in [0.15, 0.2) is 17.4 Å². The smallest absolute Gasteiger partial charge is 0.409 e. The minimum atomic E-state index is -4.60. The van der Waals surface area contributed by atoms with E-state index in [0.717, 1.165) is 18.0 Å². The van der Waals surface area contributed by atoms with Crippen molar-refractivity contribution in [1.82, 2.24) is 14.1 Å². The van der Waals surface area contributed by atoms with Gasteiger partial charge < -0.3 is 25.0 Å². The Balaban J connectivity index is 1.73. The van der Waals surface area contributed by atoms with Crippen molar-refractivity contribution in [2.75, 3.05) is 46.8 Å². The van der Waals surface area contributed by atoms with Crippen LogP contribution in [0.25, 0.3) is 0 Å². The Labute approximate surface area is 224 Å². The molecule has 14 heteroatoms. The summed E-state index contributed by atoms with van der Waals surface area (Å²) < 4.78 is 67.2. The number of nitrogens with two attached hydrogens (primary N) is 1. The van der Waals surface area contributed by atoms with Crippen molar-refractivity contribution in [2.24, 2.45) is 5.73 Å². The topological polar surface area (TPSA) is 122 Å². The third-order valence-corrected chi connectivity index (χ3v) is 7.98. The van der Waals surface area contributed by atoms with E-state index in [1.165, 1.54) is 31.3 Å². The second kappa shape index (κ2) is 12.7. The number of hydrogen-bond acceptors (Lipinski definition) is 7. The number of carbonyl (C=O) groups is 2. The highest BCUT2D eigenvalue weighted by Crippen LogP contribution is 2.31. The number of halogens is 3. The average molecular weight is 575 g/mol. The maximum atomic E-state index is 14.8. The van der Waals surface area contributed by atoms with E-state index in [-0.39, 0.29) is 24.9 Å². The monoisotopic (exact) mass is 574 g/mol. The molecule has 1 heterocycles. The molecule has 0 saturated carbocycles. The van der Waals surface area contributed by atoms with E-state index in [1.807, 2.05) is 7.05 Å². The molecule has 0 aromatic heterocycles. The van der Waals surface area contributed by atoms with E-state index in [1.54, 1.807) is 0 Å². The molecular weight excluding hydrogens is 546 g/mol. The normalized spacial score (nSPS) is 14.9. The third-order valence-electron chi connectivity index (χ3n) is 5.90. The summed E-state index contributed by atoms with van der Waals surface area (Å²) in [6, 6.07) is 6.83. The lowest BCUT2D eigenvalue weighted by molar-refractivity contribution is -0.118. The molecule has 0 bridgehead atoms. The Morgan fingerprint density at radius 1 is 1.11 bits per heavy atom. The molecular formula is C24H29ClF2N4O6S. The first kappa shape index (κ1) is 29.6. The van der Waals surface area contributed by atoms with Gasteiger partial charge in [0.05, 0.1) is 11.4 Å². The maximum Gasteiger partial charge on any atom is 0.409 e. The van der Waals surface area contributed by atoms with Gasteiger partial charge in [-0.3, -0.25) is 4.79 Å². The first-order valence-corrected chi connectivity index (χ1v) is 13.5. The lowest BCUT2D eigenvalue weighted by atomic mass is 10.1. The van der Waals surface area contributed by atoms with Gasteiger partial charge in [-0.1, -0.05) is 11.6 Å². The zero-order chi connectivity index (χ0) is 28.0. The van der Waals surface area contributed by atoms with Gasteiger partial charge in [-0.05, 0) is 56.3 Å². The maximum absolute atomic E-state index is 14.8. The van der Waals surface area contributed by atoms with Gasteiger partial charge in [0.2, 0.25) is 15.9 Å². The predicted octanol–water partition coefficient (Wildman–Crippen LogP) is 3.05. The van der Waals surface area contributed by atoms with Crippen LogP contribution < -0.4 is 10.5 Å². The number of nitrogens with zero attached hydrogens (tertiary/aromatic N) is 3. The number of ether oxygens (including phenoxy) is 2. The van der Waals surface area contributed by atoms with Crippen LogP contribution in [0.4, 0.5) is 13.6 Å². The Morgan fingerprint density at radius 2 is 1.68 bits per heavy atom. The number of rotatable bonds is 10. The molecule has 2 aromatic rings. The van der Waals surface area contributed by atoms with Crippen molar-refractivity contribution in [3.8, 4) is 11.5 Å². The molecule has 2 N–H and O–H groups in total. The molecule has 2 aromatic carbocycles. The van der Waals surface area contributed by atoms with Gasteiger partial charge in [0.25, 0.3) is 0 Å². The summed E-state index contributed by atoms with van der Waals surface area (Å²) in [6.07, 6.45) is 0.433. The highest BCUT2D eigenvalue weighted by atomic mass is 35.5. The number of likely N-dealkylation sites (tertiary alicyclic amines) is 1. The van der Waals surface area contributed by atoms with Gasteiger partial charge in [0, 0.05) is 38.2 Å². The van der Waals surface area contributed by atoms with Crippen LogP contribution in [-0.4, -0.2) is 87.4 Å². The van der Waals surface area contributed by atoms with E-state index < -0.39 is 50.8 Å². The minimum Gasteiger partial charge on any atom is -0.451 e. The van der Waals surface area contributed by atoms with Crippen LogP contribution in [0.3, 0.4) is 0 Å². The van der Waals surface area contributed by atoms with Crippen LogP contribution in [-0.2, 0) is 19.6 Å². The van der Waals surface area contributed by atoms with Gasteiger partial charge in [0.1, 0.15) is 11.9 Å². The quantitative estimate of drug-likeness (QED) is 0.463. The standard InChI is InChI=1S/C24H29ClF2N4O6S/c1-29-9-7-18(8-10-29)37-24(33)30(2)11-12-31(15-22(28)32)38(34,35)19-13-20(26)23(21(27)14-19)36-17-5-3-16(25)4-6-17/h3-6,13-14,18H,7-12,15H2,1-2H3,(H2,28,32). The number of primary amides is 1. The lowest BCUT2D eigenvalue weighted by Gasteiger charge is -2.30. The third kappa shape index (κ3) is 7.76. The van der Waals surface area contributed by atoms with Gasteiger partial charge in [-0.25, -0.2) is 22.0 Å². The summed E-state index contributed by atoms with van der Waals surface area (Å²) >= 11 is 5.79. The number of benzene rings is 2. The van der Waals surface area contributed by atoms with E-state index in [2.05, 4.69) is 4.90 Å². The Morgan fingerprint density at radius 3 is 2.24 bits per heavy atom. The van der Waals surface area contributed by atoms with Gasteiger partial charge >= 0.3 is 6.09 Å². The SMILES string of the molecule is CN1CCC(OC(=O)N(C)CCN(CC(N)=O)S(=O)(=O)c2cc(F)c(Oc3ccc(Cl)cc3)c(F)c2)CC1. The number of piperidine rings is 1. The number of carbonyl (C=O) groups excluding carboxylic acids is 2. The fraction of sp³-hybridized carbons (Fsp3) is 0.417. The number of likely N-dealkylation sites (N-methyl/N-ethyl adjacent to an activating group) is 1. The second-order valence-corrected chi connectivity index (χ2v) is 11.3. The van der Waals surface area contributed by atoms with E-state index in [0.29, 0.717) is 34.3 Å². The van der Waals surface area contributed by atoms with Crippen LogP contribution >= 0.6 is 11.6 Å². The molecule has 1 aliphatic heterocycles. The molecule has 0 unspecified atom stereocenters. The van der Waals surface area contributed by atoms with Crippen molar-refractivity contribution in [2.45, 2.75) is 23.8 Å². The van der Waals surface area contributed by atoms with Crippen molar-refractivity contribution in [1.29, 1.82) is 0 Å². The van der Waals surface area contributed by atoms with Crippen molar-refractivity contribution in [3.05, 3.63) is 53.1 Å². The molecule has 0 spiro atoms. The molecule has 10 nitrogen and oxygen atoms in total.